The van der Waals surface area contributed by atoms with E-state index >= 15 is 0 Å². The van der Waals surface area contributed by atoms with E-state index in [1.807, 2.05) is 12.1 Å². The van der Waals surface area contributed by atoms with Crippen molar-refractivity contribution in [1.29, 1.82) is 0 Å². The summed E-state index contributed by atoms with van der Waals surface area (Å²) in [6, 6.07) is 16.6. The Labute approximate surface area is 160 Å². The Balaban J connectivity index is 1.38. The molecule has 5 heteroatoms. The number of aryl methyl sites for hydroxylation is 2. The fraction of sp³-hybridized carbons (Fsp3) is 0.364. The summed E-state index contributed by atoms with van der Waals surface area (Å²) < 4.78 is 10.6. The Morgan fingerprint density at radius 3 is 2.37 bits per heavy atom. The summed E-state index contributed by atoms with van der Waals surface area (Å²) in [6.45, 7) is 2.30. The minimum Gasteiger partial charge on any atom is -0.497 e. The fourth-order valence-corrected chi connectivity index (χ4v) is 3.49. The van der Waals surface area contributed by atoms with Gasteiger partial charge < -0.3 is 14.2 Å². The quantitative estimate of drug-likeness (QED) is 0.644. The van der Waals surface area contributed by atoms with Crippen LogP contribution in [0.2, 0.25) is 0 Å². The van der Waals surface area contributed by atoms with E-state index in [4.69, 9.17) is 9.26 Å². The number of benzene rings is 2. The van der Waals surface area contributed by atoms with E-state index in [2.05, 4.69) is 51.4 Å². The van der Waals surface area contributed by atoms with Gasteiger partial charge in [0.15, 0.2) is 0 Å². The molecule has 27 heavy (non-hydrogen) atoms. The maximum atomic E-state index is 5.44. The van der Waals surface area contributed by atoms with Crippen LogP contribution >= 0.6 is 0 Å². The number of nitrogens with zero attached hydrogens (tertiary/aromatic N) is 3. The van der Waals surface area contributed by atoms with Crippen molar-refractivity contribution < 1.29 is 9.26 Å². The predicted octanol–water partition coefficient (Wildman–Crippen LogP) is 4.52. The maximum absolute atomic E-state index is 5.44. The Kier molecular flexibility index (Phi) is 5.37. The first-order chi connectivity index (χ1) is 13.3. The molecule has 0 radical (unpaired) electrons. The normalized spacial score (nSPS) is 14.3. The molecular weight excluding hydrogens is 338 g/mol. The second kappa shape index (κ2) is 8.25. The van der Waals surface area contributed by atoms with Gasteiger partial charge >= 0.3 is 0 Å². The number of hydrogen-bond donors (Lipinski definition) is 0. The van der Waals surface area contributed by atoms with Crippen molar-refractivity contribution >= 4 is 5.69 Å². The third-order valence-electron chi connectivity index (χ3n) is 5.10. The van der Waals surface area contributed by atoms with Gasteiger partial charge in [0, 0.05) is 30.8 Å². The summed E-state index contributed by atoms with van der Waals surface area (Å²) in [5.41, 5.74) is 3.50. The van der Waals surface area contributed by atoms with Crippen LogP contribution in [0.25, 0.3) is 11.4 Å². The molecule has 0 atom stereocenters. The summed E-state index contributed by atoms with van der Waals surface area (Å²) in [5.74, 6) is 2.19. The zero-order valence-corrected chi connectivity index (χ0v) is 15.7. The average Bonchev–Trinajstić information content (AvgIpc) is 3.22. The topological polar surface area (TPSA) is 51.4 Å². The second-order valence-electron chi connectivity index (χ2n) is 6.95. The molecule has 1 aliphatic rings. The highest BCUT2D eigenvalue weighted by Gasteiger charge is 2.13. The van der Waals surface area contributed by atoms with Crippen LogP contribution in [0.1, 0.15) is 30.7 Å². The van der Waals surface area contributed by atoms with E-state index in [-0.39, 0.29) is 0 Å². The van der Waals surface area contributed by atoms with Gasteiger partial charge in [-0.2, -0.15) is 4.98 Å². The molecule has 0 N–H and O–H groups in total. The molecule has 1 aliphatic heterocycles. The Morgan fingerprint density at radius 2 is 1.67 bits per heavy atom. The molecule has 0 unspecified atom stereocenters. The zero-order valence-electron chi connectivity index (χ0n) is 15.7. The van der Waals surface area contributed by atoms with E-state index in [1.165, 1.54) is 30.5 Å². The molecule has 0 saturated carbocycles. The van der Waals surface area contributed by atoms with Crippen molar-refractivity contribution in [1.82, 2.24) is 10.1 Å². The lowest BCUT2D eigenvalue weighted by molar-refractivity contribution is 0.379. The lowest BCUT2D eigenvalue weighted by atomic mass is 10.1. The highest BCUT2D eigenvalue weighted by atomic mass is 16.5. The fourth-order valence-electron chi connectivity index (χ4n) is 3.49. The second-order valence-corrected chi connectivity index (χ2v) is 6.95. The van der Waals surface area contributed by atoms with Gasteiger partial charge in [-0.05, 0) is 67.6 Å². The van der Waals surface area contributed by atoms with Crippen LogP contribution in [0, 0.1) is 0 Å². The highest BCUT2D eigenvalue weighted by molar-refractivity contribution is 5.60. The molecule has 4 rings (SSSR count). The molecule has 0 bridgehead atoms. The first kappa shape index (κ1) is 17.6. The summed E-state index contributed by atoms with van der Waals surface area (Å²) in [6.07, 6.45) is 5.50. The lowest BCUT2D eigenvalue weighted by Gasteiger charge is -2.28. The largest absolute Gasteiger partial charge is 0.497 e. The molecule has 1 fully saturated rings. The van der Waals surface area contributed by atoms with E-state index < -0.39 is 0 Å². The maximum Gasteiger partial charge on any atom is 0.227 e. The molecule has 2 aromatic carbocycles. The zero-order chi connectivity index (χ0) is 18.5. The van der Waals surface area contributed by atoms with Crippen molar-refractivity contribution in [2.45, 2.75) is 32.1 Å². The van der Waals surface area contributed by atoms with Crippen LogP contribution in [0.5, 0.6) is 5.75 Å². The third-order valence-corrected chi connectivity index (χ3v) is 5.10. The summed E-state index contributed by atoms with van der Waals surface area (Å²) >= 11 is 0. The average molecular weight is 363 g/mol. The number of hydrogen-bond acceptors (Lipinski definition) is 5. The van der Waals surface area contributed by atoms with Gasteiger partial charge in [-0.25, -0.2) is 0 Å². The minimum absolute atomic E-state index is 0.657. The van der Waals surface area contributed by atoms with E-state index in [1.54, 1.807) is 7.11 Å². The lowest BCUT2D eigenvalue weighted by Crippen LogP contribution is -2.29. The summed E-state index contributed by atoms with van der Waals surface area (Å²) in [4.78, 5) is 7.00. The minimum atomic E-state index is 0.657. The van der Waals surface area contributed by atoms with Crippen molar-refractivity contribution in [2.24, 2.45) is 0 Å². The first-order valence-corrected chi connectivity index (χ1v) is 9.63. The van der Waals surface area contributed by atoms with Crippen molar-refractivity contribution in [3.63, 3.8) is 0 Å². The molecular formula is C22H25N3O2. The van der Waals surface area contributed by atoms with Crippen molar-refractivity contribution in [3.05, 3.63) is 60.0 Å². The van der Waals surface area contributed by atoms with Gasteiger partial charge in [0.05, 0.1) is 7.11 Å². The van der Waals surface area contributed by atoms with Gasteiger partial charge in [-0.1, -0.05) is 17.3 Å². The molecule has 0 spiro atoms. The van der Waals surface area contributed by atoms with Crippen LogP contribution in [0.3, 0.4) is 0 Å². The molecule has 5 nitrogen and oxygen atoms in total. The van der Waals surface area contributed by atoms with Gasteiger partial charge in [0.2, 0.25) is 11.7 Å². The predicted molar refractivity (Wildman–Crippen MR) is 106 cm³/mol. The smallest absolute Gasteiger partial charge is 0.227 e. The van der Waals surface area contributed by atoms with Crippen LogP contribution in [-0.4, -0.2) is 30.3 Å². The van der Waals surface area contributed by atoms with Crippen LogP contribution in [-0.2, 0) is 12.8 Å². The van der Waals surface area contributed by atoms with Crippen molar-refractivity contribution in [3.8, 4) is 17.1 Å². The highest BCUT2D eigenvalue weighted by Crippen LogP contribution is 2.24. The third kappa shape index (κ3) is 4.30. The first-order valence-electron chi connectivity index (χ1n) is 9.63. The van der Waals surface area contributed by atoms with Crippen LogP contribution in [0.15, 0.2) is 53.1 Å². The van der Waals surface area contributed by atoms with Gasteiger partial charge in [-0.15, -0.1) is 0 Å². The van der Waals surface area contributed by atoms with E-state index in [0.717, 1.165) is 37.2 Å². The summed E-state index contributed by atoms with van der Waals surface area (Å²) in [7, 11) is 1.67. The van der Waals surface area contributed by atoms with E-state index in [9.17, 15) is 0 Å². The molecule has 0 aliphatic carbocycles. The number of methoxy groups -OCH3 is 1. The Morgan fingerprint density at radius 1 is 0.926 bits per heavy atom. The van der Waals surface area contributed by atoms with Gasteiger partial charge in [0.1, 0.15) is 5.75 Å². The number of rotatable bonds is 6. The van der Waals surface area contributed by atoms with E-state index in [0.29, 0.717) is 11.7 Å². The molecule has 140 valence electrons. The SMILES string of the molecule is COc1ccc(CCc2nc(-c3ccc(N4CCCCC4)cc3)no2)cc1. The van der Waals surface area contributed by atoms with Gasteiger partial charge in [-0.3, -0.25) is 0 Å². The Hall–Kier alpha value is -2.82. The molecule has 0 amide bonds. The van der Waals surface area contributed by atoms with Gasteiger partial charge in [0.25, 0.3) is 0 Å². The van der Waals surface area contributed by atoms with Crippen LogP contribution < -0.4 is 9.64 Å². The number of anilines is 1. The number of ether oxygens (including phenoxy) is 1. The Bertz CT molecular complexity index is 850. The number of aromatic nitrogens is 2. The molecule has 1 aromatic heterocycles. The molecule has 3 aromatic rings. The molecule has 1 saturated heterocycles. The standard InChI is InChI=1S/C22H25N3O2/c1-26-20-12-5-17(6-13-20)7-14-21-23-22(24-27-21)18-8-10-19(11-9-18)25-15-3-2-4-16-25/h5-6,8-13H,2-4,7,14-16H2,1H3. The van der Waals surface area contributed by atoms with Crippen LogP contribution in [0.4, 0.5) is 5.69 Å². The molecule has 2 heterocycles. The summed E-state index contributed by atoms with van der Waals surface area (Å²) in [5, 5.41) is 4.15. The monoisotopic (exact) mass is 363 g/mol. The van der Waals surface area contributed by atoms with Crippen molar-refractivity contribution in [2.75, 3.05) is 25.1 Å². The number of piperidine rings is 1.